The number of aliphatic hydroxyl groups is 1. The van der Waals surface area contributed by atoms with Crippen LogP contribution in [0.5, 0.6) is 0 Å². The summed E-state index contributed by atoms with van der Waals surface area (Å²) in [6.07, 6.45) is -11.7. The zero-order valence-electron chi connectivity index (χ0n) is 24.1. The Kier molecular flexibility index (Phi) is 14.2. The van der Waals surface area contributed by atoms with Gasteiger partial charge in [-0.15, -0.1) is 0 Å². The Morgan fingerprint density at radius 2 is 1.40 bits per heavy atom. The Balaban J connectivity index is 0.00000588. The van der Waals surface area contributed by atoms with E-state index < -0.39 is 41.2 Å². The van der Waals surface area contributed by atoms with Gasteiger partial charge in [0.1, 0.15) is 6.61 Å². The summed E-state index contributed by atoms with van der Waals surface area (Å²) in [7, 11) is 0. The fraction of sp³-hybridized carbons (Fsp3) is 0.345. The van der Waals surface area contributed by atoms with Gasteiger partial charge in [-0.25, -0.2) is 4.79 Å². The van der Waals surface area contributed by atoms with Crippen molar-refractivity contribution in [3.8, 4) is 0 Å². The van der Waals surface area contributed by atoms with Crippen molar-refractivity contribution in [3.05, 3.63) is 107 Å². The molecule has 3 aromatic rings. The SMILES string of the molecule is C[C@@H](OC[C@@](CCCO)(NC(=O)OCc1ccccc1)c1ccccc1)c1cc(C(F)(F)F)cc(C(F)(F)F)c1.[B].[H-].[Li+]. The Morgan fingerprint density at radius 3 is 1.90 bits per heavy atom. The zero-order chi connectivity index (χ0) is 29.4. The number of carbonyl (C=O) groups is 1. The fourth-order valence-corrected chi connectivity index (χ4v) is 4.14. The number of benzene rings is 3. The minimum atomic E-state index is -5.01. The van der Waals surface area contributed by atoms with Crippen LogP contribution in [0.2, 0.25) is 0 Å². The van der Waals surface area contributed by atoms with Crippen molar-refractivity contribution in [1.29, 1.82) is 0 Å². The summed E-state index contributed by atoms with van der Waals surface area (Å²) in [6.45, 7) is 0.702. The summed E-state index contributed by atoms with van der Waals surface area (Å²) < 4.78 is 91.5. The predicted octanol–water partition coefficient (Wildman–Crippen LogP) is 4.13. The number of hydrogen-bond acceptors (Lipinski definition) is 4. The van der Waals surface area contributed by atoms with E-state index in [4.69, 9.17) is 9.47 Å². The molecule has 0 saturated carbocycles. The molecule has 3 rings (SSSR count). The van der Waals surface area contributed by atoms with Crippen LogP contribution in [0.1, 0.15) is 55.1 Å². The van der Waals surface area contributed by atoms with Gasteiger partial charge in [0.05, 0.1) is 29.4 Å². The first kappa shape index (κ1) is 37.1. The van der Waals surface area contributed by atoms with Crippen molar-refractivity contribution in [2.24, 2.45) is 0 Å². The zero-order valence-corrected chi connectivity index (χ0v) is 23.1. The van der Waals surface area contributed by atoms with Gasteiger partial charge >= 0.3 is 37.3 Å². The van der Waals surface area contributed by atoms with Gasteiger partial charge in [0.15, 0.2) is 0 Å². The standard InChI is InChI=1S/C29H29F6NO4.B.Li.H/c1-20(22-15-24(28(30,31)32)17-25(16-22)29(33,34)35)40-19-27(13-8-14-37,23-11-6-3-7-12-23)36-26(38)39-18-21-9-4-2-5-10-21;;;/h2-7,9-12,15-17,20,37H,8,13-14,18-19H2,1H3,(H,36,38);;;/q;;+1;-1/t20-,27-;;;/m1.../s1. The van der Waals surface area contributed by atoms with Gasteiger partial charge in [-0.05, 0) is 54.7 Å². The molecule has 2 N–H and O–H groups in total. The molecule has 0 aliphatic rings. The third kappa shape index (κ3) is 10.4. The largest absolute Gasteiger partial charge is 1.00 e. The van der Waals surface area contributed by atoms with Crippen LogP contribution in [-0.2, 0) is 34.0 Å². The van der Waals surface area contributed by atoms with E-state index in [0.29, 0.717) is 17.7 Å². The Morgan fingerprint density at radius 1 is 0.881 bits per heavy atom. The van der Waals surface area contributed by atoms with Gasteiger partial charge < -0.3 is 21.3 Å². The maximum absolute atomic E-state index is 13.4. The van der Waals surface area contributed by atoms with E-state index in [2.05, 4.69) is 5.32 Å². The molecular formula is C29H30BF6LiNO4. The molecule has 3 radical (unpaired) electrons. The molecule has 0 aromatic heterocycles. The number of amides is 1. The summed E-state index contributed by atoms with van der Waals surface area (Å²) >= 11 is 0. The van der Waals surface area contributed by atoms with Crippen LogP contribution in [0.25, 0.3) is 0 Å². The molecule has 0 unspecified atom stereocenters. The second-order valence-electron chi connectivity index (χ2n) is 9.25. The van der Waals surface area contributed by atoms with E-state index in [-0.39, 0.29) is 73.0 Å². The van der Waals surface area contributed by atoms with Crippen molar-refractivity contribution in [2.45, 2.75) is 50.4 Å². The molecule has 3 aromatic carbocycles. The predicted molar refractivity (Wildman–Crippen MR) is 142 cm³/mol. The molecule has 42 heavy (non-hydrogen) atoms. The number of nitrogens with one attached hydrogen (secondary N) is 1. The summed E-state index contributed by atoms with van der Waals surface area (Å²) in [5, 5.41) is 12.3. The number of alkyl halides is 6. The Bertz CT molecular complexity index is 1220. The van der Waals surface area contributed by atoms with E-state index in [0.717, 1.165) is 5.56 Å². The maximum Gasteiger partial charge on any atom is 1.00 e. The number of hydrogen-bond donors (Lipinski definition) is 2. The minimum absolute atomic E-state index is 0. The van der Waals surface area contributed by atoms with Crippen LogP contribution in [0.15, 0.2) is 78.9 Å². The van der Waals surface area contributed by atoms with Gasteiger partial charge in [0.25, 0.3) is 0 Å². The molecule has 13 heteroatoms. The molecular weight excluding hydrogens is 558 g/mol. The molecule has 1 amide bonds. The van der Waals surface area contributed by atoms with Crippen LogP contribution in [0.4, 0.5) is 31.1 Å². The molecule has 0 saturated heterocycles. The number of carbonyl (C=O) groups excluding carboxylic acids is 1. The van der Waals surface area contributed by atoms with Gasteiger partial charge in [-0.2, -0.15) is 26.3 Å². The Labute approximate surface area is 255 Å². The summed E-state index contributed by atoms with van der Waals surface area (Å²) in [6, 6.07) is 18.7. The summed E-state index contributed by atoms with van der Waals surface area (Å²) in [5.41, 5.74) is -3.28. The molecule has 2 atom stereocenters. The van der Waals surface area contributed by atoms with E-state index in [9.17, 15) is 36.2 Å². The molecule has 5 nitrogen and oxygen atoms in total. The van der Waals surface area contributed by atoms with Crippen molar-refractivity contribution >= 4 is 14.5 Å². The first-order valence-corrected chi connectivity index (χ1v) is 12.4. The first-order chi connectivity index (χ1) is 18.8. The number of halogens is 6. The van der Waals surface area contributed by atoms with E-state index in [1.807, 2.05) is 0 Å². The van der Waals surface area contributed by atoms with E-state index in [1.54, 1.807) is 60.7 Å². The van der Waals surface area contributed by atoms with Gasteiger partial charge in [-0.3, -0.25) is 0 Å². The number of ether oxygens (including phenoxy) is 2. The second-order valence-corrected chi connectivity index (χ2v) is 9.25. The molecule has 0 bridgehead atoms. The summed E-state index contributed by atoms with van der Waals surface area (Å²) in [5.74, 6) is 0. The van der Waals surface area contributed by atoms with Crippen LogP contribution < -0.4 is 24.2 Å². The maximum atomic E-state index is 13.4. The van der Waals surface area contributed by atoms with Crippen molar-refractivity contribution in [3.63, 3.8) is 0 Å². The molecule has 0 spiro atoms. The fourth-order valence-electron chi connectivity index (χ4n) is 4.14. The van der Waals surface area contributed by atoms with E-state index >= 15 is 0 Å². The molecule has 0 fully saturated rings. The number of rotatable bonds is 11. The van der Waals surface area contributed by atoms with Crippen molar-refractivity contribution in [1.82, 2.24) is 5.32 Å². The van der Waals surface area contributed by atoms with Gasteiger partial charge in [-0.1, -0.05) is 60.7 Å². The smallest absolute Gasteiger partial charge is 1.00 e. The summed E-state index contributed by atoms with van der Waals surface area (Å²) in [4.78, 5) is 12.9. The van der Waals surface area contributed by atoms with Crippen LogP contribution >= 0.6 is 0 Å². The van der Waals surface area contributed by atoms with Gasteiger partial charge in [0, 0.05) is 15.0 Å². The average Bonchev–Trinajstić information content (AvgIpc) is 2.93. The monoisotopic (exact) mass is 588 g/mol. The van der Waals surface area contributed by atoms with Crippen LogP contribution in [0.3, 0.4) is 0 Å². The normalized spacial score (nSPS) is 13.6. The first-order valence-electron chi connectivity index (χ1n) is 12.4. The van der Waals surface area contributed by atoms with Crippen molar-refractivity contribution in [2.75, 3.05) is 13.2 Å². The topological polar surface area (TPSA) is 67.8 Å². The molecule has 221 valence electrons. The minimum Gasteiger partial charge on any atom is -1.00 e. The average molecular weight is 588 g/mol. The quantitative estimate of drug-likeness (QED) is 0.261. The van der Waals surface area contributed by atoms with E-state index in [1.165, 1.54) is 6.92 Å². The third-order valence-electron chi connectivity index (χ3n) is 6.30. The molecule has 0 heterocycles. The van der Waals surface area contributed by atoms with Crippen LogP contribution in [-0.4, -0.2) is 32.8 Å². The van der Waals surface area contributed by atoms with Crippen LogP contribution in [0, 0.1) is 0 Å². The molecule has 0 aliphatic carbocycles. The van der Waals surface area contributed by atoms with Crippen molar-refractivity contribution < 1.29 is 66.0 Å². The third-order valence-corrected chi connectivity index (χ3v) is 6.30. The van der Waals surface area contributed by atoms with Gasteiger partial charge in [0.2, 0.25) is 0 Å². The number of alkyl carbamates (subject to hydrolysis) is 1. The molecule has 0 aliphatic heterocycles. The second kappa shape index (κ2) is 16.1. The Hall–Kier alpha value is -2.91. The number of aliphatic hydroxyl groups excluding tert-OH is 1.